The van der Waals surface area contributed by atoms with Crippen LogP contribution in [0.25, 0.3) is 0 Å². The van der Waals surface area contributed by atoms with Crippen molar-refractivity contribution < 1.29 is 4.79 Å². The molecular formula is C24H37N3O3. The summed E-state index contributed by atoms with van der Waals surface area (Å²) < 4.78 is 0. The van der Waals surface area contributed by atoms with E-state index in [2.05, 4.69) is 29.4 Å². The van der Waals surface area contributed by atoms with Crippen LogP contribution in [0.5, 0.6) is 0 Å². The molecule has 0 radical (unpaired) electrons. The van der Waals surface area contributed by atoms with Crippen LogP contribution < -0.4 is 26.4 Å². The molecule has 0 unspecified atom stereocenters. The minimum atomic E-state index is -0.360. The van der Waals surface area contributed by atoms with E-state index >= 15 is 0 Å². The van der Waals surface area contributed by atoms with Crippen molar-refractivity contribution in [1.29, 1.82) is 0 Å². The second-order valence-corrected chi connectivity index (χ2v) is 10.1. The zero-order valence-electron chi connectivity index (χ0n) is 18.5. The van der Waals surface area contributed by atoms with Crippen molar-refractivity contribution in [2.75, 3.05) is 29.9 Å². The van der Waals surface area contributed by atoms with Crippen LogP contribution in [0.15, 0.2) is 9.59 Å². The lowest BCUT2D eigenvalue weighted by molar-refractivity contribution is -0.127. The summed E-state index contributed by atoms with van der Waals surface area (Å²) in [5.41, 5.74) is 0.454. The fourth-order valence-corrected chi connectivity index (χ4v) is 5.75. The van der Waals surface area contributed by atoms with Crippen molar-refractivity contribution in [3.8, 4) is 0 Å². The van der Waals surface area contributed by atoms with Crippen molar-refractivity contribution in [3.05, 3.63) is 20.4 Å². The molecule has 3 atom stereocenters. The summed E-state index contributed by atoms with van der Waals surface area (Å²) in [6.45, 7) is 7.04. The van der Waals surface area contributed by atoms with Gasteiger partial charge in [-0.2, -0.15) is 0 Å². The molecule has 0 bridgehead atoms. The van der Waals surface area contributed by atoms with E-state index in [0.717, 1.165) is 64.6 Å². The first-order valence-electron chi connectivity index (χ1n) is 12.1. The van der Waals surface area contributed by atoms with Gasteiger partial charge >= 0.3 is 0 Å². The maximum Gasteiger partial charge on any atom is 0.253 e. The molecule has 1 aromatic carbocycles. The average Bonchev–Trinajstić information content (AvgIpc) is 3.27. The number of nitrogens with one attached hydrogen (secondary N) is 2. The van der Waals surface area contributed by atoms with Gasteiger partial charge in [0, 0.05) is 31.6 Å². The zero-order valence-corrected chi connectivity index (χ0v) is 18.5. The molecule has 4 rings (SSSR count). The highest BCUT2D eigenvalue weighted by Crippen LogP contribution is 2.33. The van der Waals surface area contributed by atoms with Crippen LogP contribution in [0.4, 0.5) is 11.4 Å². The number of hydrogen-bond acceptors (Lipinski definition) is 5. The Balaban J connectivity index is 1.24. The number of rotatable bonds is 6. The predicted molar refractivity (Wildman–Crippen MR) is 121 cm³/mol. The first kappa shape index (κ1) is 21.4. The van der Waals surface area contributed by atoms with Crippen molar-refractivity contribution in [1.82, 2.24) is 5.32 Å². The standard InChI is InChI=1S/C24H37N3O3/c1-15-6-5-7-19(16(15)2)26-24(30)18-10-8-17(9-11-18)14-25-20-21(23(29)22(20)28)27-12-3-4-13-27/h15-19,25H,3-14H2,1-2H3,(H,26,30)/t15-,16+,17?,18?,19-/m1/s1. The van der Waals surface area contributed by atoms with Gasteiger partial charge in [-0.3, -0.25) is 14.4 Å². The van der Waals surface area contributed by atoms with Gasteiger partial charge in [0.15, 0.2) is 0 Å². The average molecular weight is 416 g/mol. The van der Waals surface area contributed by atoms with Crippen LogP contribution in [0.2, 0.25) is 0 Å². The molecule has 0 aromatic heterocycles. The maximum atomic E-state index is 12.8. The van der Waals surface area contributed by atoms with Crippen LogP contribution in [0.1, 0.15) is 71.6 Å². The molecule has 3 fully saturated rings. The van der Waals surface area contributed by atoms with E-state index in [1.54, 1.807) is 0 Å². The number of hydrogen-bond donors (Lipinski definition) is 2. The summed E-state index contributed by atoms with van der Waals surface area (Å²) in [5.74, 6) is 2.07. The van der Waals surface area contributed by atoms with E-state index in [4.69, 9.17) is 0 Å². The van der Waals surface area contributed by atoms with E-state index < -0.39 is 0 Å². The Labute approximate surface area is 179 Å². The predicted octanol–water partition coefficient (Wildman–Crippen LogP) is 3.04. The first-order valence-corrected chi connectivity index (χ1v) is 12.1. The van der Waals surface area contributed by atoms with Gasteiger partial charge in [-0.05, 0) is 62.7 Å². The molecule has 1 saturated heterocycles. The summed E-state index contributed by atoms with van der Waals surface area (Å²) in [5, 5.41) is 6.63. The monoisotopic (exact) mass is 415 g/mol. The van der Waals surface area contributed by atoms with Gasteiger partial charge < -0.3 is 15.5 Å². The normalized spacial score (nSPS) is 32.3. The quantitative estimate of drug-likeness (QED) is 0.698. The van der Waals surface area contributed by atoms with Gasteiger partial charge in [0.2, 0.25) is 5.91 Å². The Morgan fingerprint density at radius 3 is 2.33 bits per heavy atom. The van der Waals surface area contributed by atoms with Crippen molar-refractivity contribution in [2.24, 2.45) is 23.7 Å². The largest absolute Gasteiger partial charge is 0.380 e. The smallest absolute Gasteiger partial charge is 0.253 e. The molecule has 3 aliphatic rings. The highest BCUT2D eigenvalue weighted by atomic mass is 16.2. The zero-order chi connectivity index (χ0) is 21.3. The van der Waals surface area contributed by atoms with Crippen LogP contribution in [0, 0.1) is 23.7 Å². The summed E-state index contributed by atoms with van der Waals surface area (Å²) in [6.07, 6.45) is 9.59. The van der Waals surface area contributed by atoms with Crippen LogP contribution in [-0.2, 0) is 4.79 Å². The van der Waals surface area contributed by atoms with Crippen molar-refractivity contribution in [3.63, 3.8) is 0 Å². The van der Waals surface area contributed by atoms with E-state index in [-0.39, 0.29) is 22.7 Å². The number of anilines is 2. The Morgan fingerprint density at radius 1 is 0.933 bits per heavy atom. The number of amides is 1. The topological polar surface area (TPSA) is 78.5 Å². The lowest BCUT2D eigenvalue weighted by atomic mass is 9.77. The minimum absolute atomic E-state index is 0.122. The molecule has 6 nitrogen and oxygen atoms in total. The van der Waals surface area contributed by atoms with Crippen molar-refractivity contribution in [2.45, 2.75) is 77.7 Å². The second kappa shape index (κ2) is 9.11. The third kappa shape index (κ3) is 4.28. The molecule has 1 heterocycles. The molecule has 1 amide bonds. The van der Waals surface area contributed by atoms with E-state index in [0.29, 0.717) is 35.2 Å². The van der Waals surface area contributed by atoms with Gasteiger partial charge in [0.1, 0.15) is 11.4 Å². The van der Waals surface area contributed by atoms with Gasteiger partial charge in [0.25, 0.3) is 10.9 Å². The summed E-state index contributed by atoms with van der Waals surface area (Å²) in [4.78, 5) is 38.9. The molecule has 30 heavy (non-hydrogen) atoms. The third-order valence-electron chi connectivity index (χ3n) is 8.13. The Morgan fingerprint density at radius 2 is 1.63 bits per heavy atom. The Bertz CT molecular complexity index is 814. The van der Waals surface area contributed by atoms with Gasteiger partial charge in [-0.15, -0.1) is 0 Å². The fourth-order valence-electron chi connectivity index (χ4n) is 5.75. The fraction of sp³-hybridized carbons (Fsp3) is 0.792. The van der Waals surface area contributed by atoms with Gasteiger partial charge in [0.05, 0.1) is 0 Å². The molecule has 166 valence electrons. The summed E-state index contributed by atoms with van der Waals surface area (Å²) in [7, 11) is 0. The highest BCUT2D eigenvalue weighted by Gasteiger charge is 2.33. The Kier molecular flexibility index (Phi) is 6.49. The number of carbonyl (C=O) groups is 1. The van der Waals surface area contributed by atoms with E-state index in [9.17, 15) is 14.4 Å². The number of nitrogens with zero attached hydrogens (tertiary/aromatic N) is 1. The van der Waals surface area contributed by atoms with E-state index in [1.165, 1.54) is 12.8 Å². The maximum absolute atomic E-state index is 12.8. The molecule has 2 N–H and O–H groups in total. The molecule has 0 spiro atoms. The minimum Gasteiger partial charge on any atom is -0.380 e. The second-order valence-electron chi connectivity index (χ2n) is 10.1. The van der Waals surface area contributed by atoms with Crippen LogP contribution in [-0.4, -0.2) is 31.6 Å². The van der Waals surface area contributed by atoms with Gasteiger partial charge in [-0.25, -0.2) is 0 Å². The van der Waals surface area contributed by atoms with Crippen molar-refractivity contribution >= 4 is 17.3 Å². The summed E-state index contributed by atoms with van der Waals surface area (Å²) >= 11 is 0. The lowest BCUT2D eigenvalue weighted by Gasteiger charge is -2.36. The molecule has 1 aromatic rings. The molecule has 2 saturated carbocycles. The molecule has 1 aliphatic heterocycles. The van der Waals surface area contributed by atoms with Gasteiger partial charge in [-0.1, -0.05) is 26.7 Å². The Hall–Kier alpha value is -1.85. The molecule has 6 heteroatoms. The SMILES string of the molecule is C[C@H]1[C@H](C)CCC[C@H]1NC(=O)C1CCC(CNc2c(N3CCCC3)c(=O)c2=O)CC1. The van der Waals surface area contributed by atoms with E-state index in [1.807, 2.05) is 0 Å². The first-order chi connectivity index (χ1) is 14.5. The summed E-state index contributed by atoms with van der Waals surface area (Å²) in [6, 6.07) is 0.332. The van der Waals surface area contributed by atoms with Crippen LogP contribution in [0.3, 0.4) is 0 Å². The van der Waals surface area contributed by atoms with Crippen LogP contribution >= 0.6 is 0 Å². The number of carbonyl (C=O) groups excluding carboxylic acids is 1. The third-order valence-corrected chi connectivity index (χ3v) is 8.13. The highest BCUT2D eigenvalue weighted by molar-refractivity contribution is 5.79. The lowest BCUT2D eigenvalue weighted by Crippen LogP contribution is -2.46. The molecule has 2 aliphatic carbocycles. The molecular weight excluding hydrogens is 378 g/mol.